The van der Waals surface area contributed by atoms with Crippen molar-refractivity contribution in [3.8, 4) is 0 Å². The van der Waals surface area contributed by atoms with Crippen LogP contribution in [0.3, 0.4) is 0 Å². The van der Waals surface area contributed by atoms with E-state index in [4.69, 9.17) is 0 Å². The molecular formula is C12H22. The van der Waals surface area contributed by atoms with Crippen LogP contribution in [0.15, 0.2) is 25.3 Å². The van der Waals surface area contributed by atoms with Crippen LogP contribution in [0.25, 0.3) is 0 Å². The smallest absolute Gasteiger partial charge is 0.0236 e. The highest BCUT2D eigenvalue weighted by Gasteiger charge is 2.01. The Balaban J connectivity index is 3.30. The second kappa shape index (κ2) is 8.58. The molecule has 1 atom stereocenters. The lowest BCUT2D eigenvalue weighted by molar-refractivity contribution is 0.507. The quantitative estimate of drug-likeness (QED) is 0.372. The van der Waals surface area contributed by atoms with Gasteiger partial charge in [0.2, 0.25) is 0 Å². The number of hydrogen-bond donors (Lipinski definition) is 0. The summed E-state index contributed by atoms with van der Waals surface area (Å²) in [5.41, 5.74) is 0. The topological polar surface area (TPSA) is 0 Å². The molecule has 0 rings (SSSR count). The largest absolute Gasteiger partial charge is 0.103 e. The van der Waals surface area contributed by atoms with Gasteiger partial charge in [0.15, 0.2) is 0 Å². The molecule has 0 aromatic carbocycles. The lowest BCUT2D eigenvalue weighted by Crippen LogP contribution is -1.94. The molecule has 0 nitrogen and oxygen atoms in total. The van der Waals surface area contributed by atoms with E-state index in [0.29, 0.717) is 0 Å². The third-order valence-corrected chi connectivity index (χ3v) is 2.23. The molecular weight excluding hydrogens is 144 g/mol. The van der Waals surface area contributed by atoms with Crippen LogP contribution in [0.4, 0.5) is 0 Å². The van der Waals surface area contributed by atoms with E-state index >= 15 is 0 Å². The average molecular weight is 166 g/mol. The molecule has 12 heavy (non-hydrogen) atoms. The van der Waals surface area contributed by atoms with Crippen LogP contribution in [-0.4, -0.2) is 0 Å². The Morgan fingerprint density at radius 2 is 1.92 bits per heavy atom. The molecule has 0 fully saturated rings. The van der Waals surface area contributed by atoms with E-state index in [1.165, 1.54) is 32.1 Å². The molecule has 0 saturated heterocycles. The third kappa shape index (κ3) is 6.21. The normalized spacial score (nSPS) is 12.4. The Morgan fingerprint density at radius 3 is 2.42 bits per heavy atom. The Morgan fingerprint density at radius 1 is 1.17 bits per heavy atom. The van der Waals surface area contributed by atoms with Crippen molar-refractivity contribution >= 4 is 0 Å². The Kier molecular flexibility index (Phi) is 8.20. The molecule has 0 aliphatic heterocycles. The molecule has 0 amide bonds. The molecule has 0 N–H and O–H groups in total. The summed E-state index contributed by atoms with van der Waals surface area (Å²) >= 11 is 0. The van der Waals surface area contributed by atoms with Gasteiger partial charge in [0.25, 0.3) is 0 Å². The van der Waals surface area contributed by atoms with Gasteiger partial charge in [-0.3, -0.25) is 0 Å². The fourth-order valence-electron chi connectivity index (χ4n) is 1.45. The lowest BCUT2D eigenvalue weighted by Gasteiger charge is -2.09. The fraction of sp³-hybridized carbons (Fsp3) is 0.667. The summed E-state index contributed by atoms with van der Waals surface area (Å²) in [5.74, 6) is 0.750. The van der Waals surface area contributed by atoms with Crippen molar-refractivity contribution in [1.82, 2.24) is 0 Å². The van der Waals surface area contributed by atoms with Crippen LogP contribution in [0.5, 0.6) is 0 Å². The van der Waals surface area contributed by atoms with E-state index < -0.39 is 0 Å². The van der Waals surface area contributed by atoms with Gasteiger partial charge in [-0.25, -0.2) is 0 Å². The van der Waals surface area contributed by atoms with Crippen molar-refractivity contribution in [3.63, 3.8) is 0 Å². The summed E-state index contributed by atoms with van der Waals surface area (Å²) in [4.78, 5) is 0. The van der Waals surface area contributed by atoms with Gasteiger partial charge in [0.1, 0.15) is 0 Å². The molecule has 0 bridgehead atoms. The molecule has 0 aromatic rings. The summed E-state index contributed by atoms with van der Waals surface area (Å²) in [5, 5.41) is 0. The Hall–Kier alpha value is -0.520. The molecule has 0 saturated carbocycles. The van der Waals surface area contributed by atoms with E-state index in [9.17, 15) is 0 Å². The van der Waals surface area contributed by atoms with Crippen LogP contribution < -0.4 is 0 Å². The number of unbranched alkanes of at least 4 members (excludes halogenated alkanes) is 2. The van der Waals surface area contributed by atoms with E-state index in [1.807, 2.05) is 6.08 Å². The van der Waals surface area contributed by atoms with Crippen LogP contribution >= 0.6 is 0 Å². The molecule has 0 aliphatic carbocycles. The fourth-order valence-corrected chi connectivity index (χ4v) is 1.45. The molecule has 0 spiro atoms. The second-order valence-corrected chi connectivity index (χ2v) is 3.36. The first-order valence-electron chi connectivity index (χ1n) is 5.08. The zero-order valence-corrected chi connectivity index (χ0v) is 8.39. The minimum atomic E-state index is 0.750. The summed E-state index contributed by atoms with van der Waals surface area (Å²) in [6, 6.07) is 0. The van der Waals surface area contributed by atoms with Crippen molar-refractivity contribution in [2.75, 3.05) is 0 Å². The summed E-state index contributed by atoms with van der Waals surface area (Å²) < 4.78 is 0. The minimum Gasteiger partial charge on any atom is -0.103 e. The lowest BCUT2D eigenvalue weighted by atomic mass is 9.97. The maximum atomic E-state index is 3.86. The predicted octanol–water partition coefficient (Wildman–Crippen LogP) is 4.34. The standard InChI is InChI=1S/C12H22/c1-4-7-8-9-11-12(6-3)10-5-2/h4,6,12H,1,3,5,7-11H2,2H3. The minimum absolute atomic E-state index is 0.750. The predicted molar refractivity (Wildman–Crippen MR) is 57.3 cm³/mol. The monoisotopic (exact) mass is 166 g/mol. The summed E-state index contributed by atoms with van der Waals surface area (Å²) in [6.45, 7) is 9.81. The van der Waals surface area contributed by atoms with E-state index in [0.717, 1.165) is 12.3 Å². The van der Waals surface area contributed by atoms with Gasteiger partial charge in [0.05, 0.1) is 0 Å². The molecule has 70 valence electrons. The summed E-state index contributed by atoms with van der Waals surface area (Å²) in [6.07, 6.45) is 11.8. The first-order valence-corrected chi connectivity index (χ1v) is 5.08. The van der Waals surface area contributed by atoms with Crippen LogP contribution in [0.2, 0.25) is 0 Å². The SMILES string of the molecule is C=CCCCCC(C=C)CCC. The first kappa shape index (κ1) is 11.5. The highest BCUT2D eigenvalue weighted by molar-refractivity contribution is 4.78. The van der Waals surface area contributed by atoms with Gasteiger partial charge in [0, 0.05) is 0 Å². The maximum absolute atomic E-state index is 3.86. The van der Waals surface area contributed by atoms with Gasteiger partial charge < -0.3 is 0 Å². The van der Waals surface area contributed by atoms with Crippen molar-refractivity contribution in [2.45, 2.75) is 45.4 Å². The van der Waals surface area contributed by atoms with Crippen LogP contribution in [-0.2, 0) is 0 Å². The molecule has 0 heteroatoms. The van der Waals surface area contributed by atoms with Gasteiger partial charge >= 0.3 is 0 Å². The first-order chi connectivity index (χ1) is 5.85. The van der Waals surface area contributed by atoms with Crippen molar-refractivity contribution < 1.29 is 0 Å². The van der Waals surface area contributed by atoms with E-state index in [-0.39, 0.29) is 0 Å². The number of hydrogen-bond acceptors (Lipinski definition) is 0. The summed E-state index contributed by atoms with van der Waals surface area (Å²) in [7, 11) is 0. The molecule has 0 aromatic heterocycles. The van der Waals surface area contributed by atoms with Crippen molar-refractivity contribution in [1.29, 1.82) is 0 Å². The Labute approximate surface area is 77.4 Å². The molecule has 0 radical (unpaired) electrons. The molecule has 0 aliphatic rings. The van der Waals surface area contributed by atoms with Gasteiger partial charge in [-0.15, -0.1) is 13.2 Å². The second-order valence-electron chi connectivity index (χ2n) is 3.36. The average Bonchev–Trinajstić information content (AvgIpc) is 2.10. The van der Waals surface area contributed by atoms with Crippen molar-refractivity contribution in [2.24, 2.45) is 5.92 Å². The molecule has 1 unspecified atom stereocenters. The van der Waals surface area contributed by atoms with E-state index in [2.05, 4.69) is 26.2 Å². The zero-order valence-electron chi connectivity index (χ0n) is 8.39. The Bertz CT molecular complexity index is 113. The third-order valence-electron chi connectivity index (χ3n) is 2.23. The van der Waals surface area contributed by atoms with Crippen molar-refractivity contribution in [3.05, 3.63) is 25.3 Å². The van der Waals surface area contributed by atoms with Gasteiger partial charge in [-0.1, -0.05) is 31.9 Å². The number of allylic oxidation sites excluding steroid dienone is 2. The molecule has 0 heterocycles. The van der Waals surface area contributed by atoms with Crippen LogP contribution in [0.1, 0.15) is 45.4 Å². The van der Waals surface area contributed by atoms with Gasteiger partial charge in [-0.05, 0) is 31.6 Å². The van der Waals surface area contributed by atoms with Gasteiger partial charge in [-0.2, -0.15) is 0 Å². The highest BCUT2D eigenvalue weighted by Crippen LogP contribution is 2.16. The maximum Gasteiger partial charge on any atom is -0.0236 e. The number of rotatable bonds is 8. The highest BCUT2D eigenvalue weighted by atomic mass is 14.1. The van der Waals surface area contributed by atoms with Crippen LogP contribution in [0, 0.1) is 5.92 Å². The zero-order chi connectivity index (χ0) is 9.23. The van der Waals surface area contributed by atoms with E-state index in [1.54, 1.807) is 0 Å².